The fourth-order valence-corrected chi connectivity index (χ4v) is 3.82. The lowest BCUT2D eigenvalue weighted by molar-refractivity contribution is -0.138. The number of aromatic nitrogens is 1. The molecule has 1 saturated heterocycles. The lowest BCUT2D eigenvalue weighted by Gasteiger charge is -2.42. The number of hydrogen-bond donors (Lipinski definition) is 1. The van der Waals surface area contributed by atoms with Gasteiger partial charge in [-0.15, -0.1) is 0 Å². The molecule has 1 fully saturated rings. The van der Waals surface area contributed by atoms with Crippen LogP contribution in [0.5, 0.6) is 11.6 Å². The van der Waals surface area contributed by atoms with Crippen LogP contribution in [-0.4, -0.2) is 73.5 Å². The summed E-state index contributed by atoms with van der Waals surface area (Å²) in [5, 5.41) is 2.23. The van der Waals surface area contributed by atoms with Crippen LogP contribution in [0.3, 0.4) is 0 Å². The van der Waals surface area contributed by atoms with E-state index in [2.05, 4.69) is 10.3 Å². The minimum atomic E-state index is -4.55. The molecule has 0 saturated carbocycles. The van der Waals surface area contributed by atoms with Crippen molar-refractivity contribution in [2.75, 3.05) is 40.8 Å². The molecule has 0 bridgehead atoms. The van der Waals surface area contributed by atoms with Gasteiger partial charge in [-0.3, -0.25) is 9.59 Å². The Morgan fingerprint density at radius 3 is 2.40 bits per heavy atom. The van der Waals surface area contributed by atoms with Gasteiger partial charge in [-0.2, -0.15) is 13.2 Å². The van der Waals surface area contributed by atoms with Gasteiger partial charge in [0.25, 0.3) is 5.91 Å². The van der Waals surface area contributed by atoms with Crippen molar-refractivity contribution in [3.63, 3.8) is 0 Å². The van der Waals surface area contributed by atoms with Crippen LogP contribution in [0.25, 0.3) is 0 Å². The van der Waals surface area contributed by atoms with Gasteiger partial charge in [0.1, 0.15) is 11.3 Å². The second-order valence-electron chi connectivity index (χ2n) is 9.12. The summed E-state index contributed by atoms with van der Waals surface area (Å²) in [5.41, 5.74) is 0.311. The SMILES string of the molecule is CN(C)C1CN(C(=O)CNC(=O)c2cccnc2Oc2ccc(C(F)(F)F)cc2Cl)C1.COCc1ccccc1. The molecule has 1 N–H and O–H groups in total. The Hall–Kier alpha value is -3.67. The summed E-state index contributed by atoms with van der Waals surface area (Å²) in [6.45, 7) is 1.69. The molecule has 2 aromatic carbocycles. The molecule has 3 aromatic rings. The molecule has 40 heavy (non-hydrogen) atoms. The highest BCUT2D eigenvalue weighted by atomic mass is 35.5. The first kappa shape index (κ1) is 30.9. The summed E-state index contributed by atoms with van der Waals surface area (Å²) in [6.07, 6.45) is -3.19. The number of rotatable bonds is 8. The molecule has 0 aliphatic carbocycles. The number of carbonyl (C=O) groups excluding carboxylic acids is 2. The van der Waals surface area contributed by atoms with Gasteiger partial charge >= 0.3 is 6.18 Å². The Bertz CT molecular complexity index is 1290. The number of likely N-dealkylation sites (N-methyl/N-ethyl adjacent to an activating group) is 1. The molecule has 2 amide bonds. The smallest absolute Gasteiger partial charge is 0.416 e. The molecular formula is C28H30ClF3N4O4. The van der Waals surface area contributed by atoms with E-state index >= 15 is 0 Å². The predicted molar refractivity (Wildman–Crippen MR) is 144 cm³/mol. The molecule has 214 valence electrons. The van der Waals surface area contributed by atoms with E-state index in [1.54, 1.807) is 12.0 Å². The lowest BCUT2D eigenvalue weighted by Crippen LogP contribution is -2.60. The van der Waals surface area contributed by atoms with Gasteiger partial charge in [0.2, 0.25) is 11.8 Å². The number of ether oxygens (including phenoxy) is 2. The van der Waals surface area contributed by atoms with Crippen molar-refractivity contribution < 1.29 is 32.2 Å². The average Bonchev–Trinajstić information content (AvgIpc) is 2.88. The van der Waals surface area contributed by atoms with Crippen molar-refractivity contribution in [2.24, 2.45) is 0 Å². The number of likely N-dealkylation sites (tertiary alicyclic amines) is 1. The van der Waals surface area contributed by atoms with Crippen LogP contribution in [0.1, 0.15) is 21.5 Å². The maximum Gasteiger partial charge on any atom is 0.416 e. The van der Waals surface area contributed by atoms with Crippen molar-refractivity contribution in [3.05, 3.63) is 88.6 Å². The average molecular weight is 579 g/mol. The van der Waals surface area contributed by atoms with E-state index in [0.717, 1.165) is 18.2 Å². The lowest BCUT2D eigenvalue weighted by atomic mass is 10.1. The van der Waals surface area contributed by atoms with Gasteiger partial charge in [-0.25, -0.2) is 4.98 Å². The number of pyridine rings is 1. The largest absolute Gasteiger partial charge is 0.437 e. The molecule has 12 heteroatoms. The van der Waals surface area contributed by atoms with Crippen molar-refractivity contribution in [3.8, 4) is 11.6 Å². The molecule has 0 unspecified atom stereocenters. The zero-order valence-electron chi connectivity index (χ0n) is 22.2. The Morgan fingerprint density at radius 1 is 1.10 bits per heavy atom. The summed E-state index contributed by atoms with van der Waals surface area (Å²) in [6, 6.07) is 15.9. The zero-order chi connectivity index (χ0) is 29.3. The van der Waals surface area contributed by atoms with Crippen molar-refractivity contribution in [1.29, 1.82) is 0 Å². The number of nitrogens with one attached hydrogen (secondary N) is 1. The van der Waals surface area contributed by atoms with Gasteiger partial charge in [0.15, 0.2) is 0 Å². The van der Waals surface area contributed by atoms with Gasteiger partial charge in [0, 0.05) is 32.4 Å². The quantitative estimate of drug-likeness (QED) is 0.410. The van der Waals surface area contributed by atoms with Gasteiger partial charge in [0.05, 0.1) is 23.7 Å². The standard InChI is InChI=1S/C20H20ClF3N4O3.C8H10O/c1-27(2)13-10-28(11-13)17(29)9-26-18(30)14-4-3-7-25-19(14)31-16-6-5-12(8-15(16)21)20(22,23)24;1-9-7-8-5-3-2-4-6-8/h3-8,13H,9-11H2,1-2H3,(H,26,30);2-6H,7H2,1H3. The molecule has 4 rings (SSSR count). The number of nitrogens with zero attached hydrogens (tertiary/aromatic N) is 3. The third-order valence-corrected chi connectivity index (χ3v) is 6.28. The van der Waals surface area contributed by atoms with Crippen LogP contribution in [0.2, 0.25) is 5.02 Å². The fraction of sp³-hybridized carbons (Fsp3) is 0.321. The minimum Gasteiger partial charge on any atom is -0.437 e. The molecular weight excluding hydrogens is 549 g/mol. The van der Waals surface area contributed by atoms with Crippen LogP contribution in [0.4, 0.5) is 13.2 Å². The highest BCUT2D eigenvalue weighted by Crippen LogP contribution is 2.36. The van der Waals surface area contributed by atoms with Gasteiger partial charge in [-0.05, 0) is 50.0 Å². The molecule has 8 nitrogen and oxygen atoms in total. The van der Waals surface area contributed by atoms with E-state index in [-0.39, 0.29) is 34.7 Å². The number of carbonyl (C=O) groups is 2. The van der Waals surface area contributed by atoms with Crippen LogP contribution >= 0.6 is 11.6 Å². The predicted octanol–water partition coefficient (Wildman–Crippen LogP) is 4.88. The first-order chi connectivity index (χ1) is 19.0. The number of halogens is 4. The van der Waals surface area contributed by atoms with E-state index < -0.39 is 17.6 Å². The molecule has 1 aliphatic heterocycles. The minimum absolute atomic E-state index is 0.0149. The first-order valence-corrected chi connectivity index (χ1v) is 12.6. The number of alkyl halides is 3. The third kappa shape index (κ3) is 8.67. The molecule has 0 spiro atoms. The zero-order valence-corrected chi connectivity index (χ0v) is 23.0. The van der Waals surface area contributed by atoms with E-state index in [1.807, 2.05) is 49.3 Å². The number of benzene rings is 2. The summed E-state index contributed by atoms with van der Waals surface area (Å²) >= 11 is 5.90. The summed E-state index contributed by atoms with van der Waals surface area (Å²) in [7, 11) is 5.56. The van der Waals surface area contributed by atoms with E-state index in [1.165, 1.54) is 23.9 Å². The number of amides is 2. The van der Waals surface area contributed by atoms with Crippen molar-refractivity contribution in [1.82, 2.24) is 20.1 Å². The van der Waals surface area contributed by atoms with Crippen LogP contribution in [0.15, 0.2) is 66.9 Å². The third-order valence-electron chi connectivity index (χ3n) is 5.98. The Labute approximate surface area is 235 Å². The topological polar surface area (TPSA) is 84.0 Å². The van der Waals surface area contributed by atoms with Gasteiger partial charge in [-0.1, -0.05) is 41.9 Å². The van der Waals surface area contributed by atoms with E-state index in [0.29, 0.717) is 25.7 Å². The summed E-state index contributed by atoms with van der Waals surface area (Å²) < 4.78 is 48.8. The number of hydrogen-bond acceptors (Lipinski definition) is 6. The Kier molecular flexibility index (Phi) is 10.9. The van der Waals surface area contributed by atoms with Gasteiger partial charge < -0.3 is 24.6 Å². The monoisotopic (exact) mass is 578 g/mol. The second-order valence-corrected chi connectivity index (χ2v) is 9.53. The Balaban J connectivity index is 0.000000415. The Morgan fingerprint density at radius 2 is 1.80 bits per heavy atom. The summed E-state index contributed by atoms with van der Waals surface area (Å²) in [4.78, 5) is 32.4. The molecule has 0 atom stereocenters. The molecule has 1 aliphatic rings. The molecule has 2 heterocycles. The maximum atomic E-state index is 12.8. The van der Waals surface area contributed by atoms with Crippen LogP contribution in [-0.2, 0) is 22.3 Å². The molecule has 1 aromatic heterocycles. The van der Waals surface area contributed by atoms with Crippen LogP contribution in [0, 0.1) is 0 Å². The highest BCUT2D eigenvalue weighted by Gasteiger charge is 2.32. The molecule has 0 radical (unpaired) electrons. The second kappa shape index (κ2) is 14.1. The van der Waals surface area contributed by atoms with E-state index in [4.69, 9.17) is 21.1 Å². The van der Waals surface area contributed by atoms with Crippen LogP contribution < -0.4 is 10.1 Å². The number of methoxy groups -OCH3 is 1. The highest BCUT2D eigenvalue weighted by molar-refractivity contribution is 6.32. The first-order valence-electron chi connectivity index (χ1n) is 12.2. The van der Waals surface area contributed by atoms with E-state index in [9.17, 15) is 22.8 Å². The fourth-order valence-electron chi connectivity index (χ4n) is 3.60. The maximum absolute atomic E-state index is 12.8. The summed E-state index contributed by atoms with van der Waals surface area (Å²) in [5.74, 6) is -1.06. The van der Waals surface area contributed by atoms with Crippen molar-refractivity contribution in [2.45, 2.75) is 18.8 Å². The normalized spacial score (nSPS) is 13.2. The van der Waals surface area contributed by atoms with Crippen molar-refractivity contribution >= 4 is 23.4 Å².